The molecule has 2 aliphatic heterocycles. The van der Waals surface area contributed by atoms with Gasteiger partial charge in [-0.05, 0) is 67.6 Å². The summed E-state index contributed by atoms with van der Waals surface area (Å²) in [6.07, 6.45) is -2.46. The van der Waals surface area contributed by atoms with Crippen LogP contribution >= 0.6 is 0 Å². The third-order valence-corrected chi connectivity index (χ3v) is 10.9. The van der Waals surface area contributed by atoms with Gasteiger partial charge in [-0.2, -0.15) is 18.2 Å². The summed E-state index contributed by atoms with van der Waals surface area (Å²) in [5.74, 6) is -2.66. The molecular weight excluding hydrogens is 679 g/mol. The van der Waals surface area contributed by atoms with Gasteiger partial charge >= 0.3 is 12.1 Å². The molecule has 268 valence electrons. The molecule has 0 aliphatic carbocycles. The highest BCUT2D eigenvalue weighted by Gasteiger charge is 2.44. The lowest BCUT2D eigenvalue weighted by atomic mass is 9.70. The molecule has 2 unspecified atom stereocenters. The van der Waals surface area contributed by atoms with Crippen molar-refractivity contribution >= 4 is 22.6 Å². The van der Waals surface area contributed by atoms with E-state index < -0.39 is 45.9 Å². The number of carbonyl (C=O) groups is 1. The summed E-state index contributed by atoms with van der Waals surface area (Å²) in [5.41, 5.74) is 0.941. The number of carboxylic acid groups (broad SMARTS) is 1. The van der Waals surface area contributed by atoms with Crippen LogP contribution in [0.15, 0.2) is 47.5 Å². The lowest BCUT2D eigenvalue weighted by Gasteiger charge is -2.38. The molecule has 50 heavy (non-hydrogen) atoms. The fraction of sp³-hybridized carbons (Fsp3) is 0.471. The minimum Gasteiger partial charge on any atom is -0.481 e. The van der Waals surface area contributed by atoms with E-state index in [-0.39, 0.29) is 43.7 Å². The number of aliphatic carboxylic acids is 1. The Balaban J connectivity index is 1.42. The van der Waals surface area contributed by atoms with Crippen LogP contribution in [0.4, 0.5) is 13.2 Å². The Morgan fingerprint density at radius 1 is 1.12 bits per heavy atom. The normalized spacial score (nSPS) is 18.8. The zero-order valence-corrected chi connectivity index (χ0v) is 28.8. The molecule has 0 bridgehead atoms. The monoisotopic (exact) mass is 717 g/mol. The van der Waals surface area contributed by atoms with Crippen LogP contribution < -0.4 is 9.47 Å². The van der Waals surface area contributed by atoms with Crippen LogP contribution in [0.1, 0.15) is 66.2 Å². The van der Waals surface area contributed by atoms with Crippen molar-refractivity contribution in [3.8, 4) is 11.8 Å². The molecule has 0 radical (unpaired) electrons. The van der Waals surface area contributed by atoms with Gasteiger partial charge in [0.1, 0.15) is 28.1 Å². The Kier molecular flexibility index (Phi) is 9.67. The smallest absolute Gasteiger partial charge is 0.452 e. The lowest BCUT2D eigenvalue weighted by Crippen LogP contribution is -2.49. The van der Waals surface area contributed by atoms with Crippen molar-refractivity contribution in [1.82, 2.24) is 23.9 Å². The van der Waals surface area contributed by atoms with Crippen molar-refractivity contribution in [3.05, 3.63) is 76.2 Å². The molecule has 12 nitrogen and oxygen atoms in total. The highest BCUT2D eigenvalue weighted by molar-refractivity contribution is 7.82. The van der Waals surface area contributed by atoms with Crippen molar-refractivity contribution in [3.63, 3.8) is 0 Å². The highest BCUT2D eigenvalue weighted by Crippen LogP contribution is 2.44. The van der Waals surface area contributed by atoms with Crippen molar-refractivity contribution in [2.45, 2.75) is 69.7 Å². The van der Waals surface area contributed by atoms with Crippen LogP contribution in [-0.4, -0.2) is 82.9 Å². The number of ether oxygens (including phenoxy) is 3. The number of benzene rings is 1. The van der Waals surface area contributed by atoms with Crippen LogP contribution in [0.3, 0.4) is 0 Å². The number of nitrogens with zero attached hydrogens (tertiary/aromatic N) is 5. The number of halogens is 3. The molecular formula is C34H38F3N5O7S. The molecule has 5 heterocycles. The van der Waals surface area contributed by atoms with Gasteiger partial charge in [-0.15, -0.1) is 10.2 Å². The number of fused-ring (bicyclic) bond motifs is 2. The molecule has 1 spiro atoms. The zero-order chi connectivity index (χ0) is 36.0. The number of carboxylic acids is 1. The first-order chi connectivity index (χ1) is 23.6. The van der Waals surface area contributed by atoms with Crippen LogP contribution in [0.25, 0.3) is 5.65 Å². The first-order valence-corrected chi connectivity index (χ1v) is 17.2. The molecule has 2 N–H and O–H groups in total. The standard InChI is InChI=1S/C34H38F3N5O7S/c1-20-5-6-22(27(32(3,4)31(44)45)24-9-12-42-28(21(24)2)39-40-30(42)34(35,36)37)17-23(20)18-41-19-33(10-14-47-15-11-33)49-29-25(50(41)46)7-8-26(38-29)48-16-13-43/h5-9,12,17,27,43H,10-11,13-16,18-19H2,1-4H3,(H,44,45). The number of hydrogen-bond acceptors (Lipinski definition) is 9. The Morgan fingerprint density at radius 2 is 1.86 bits per heavy atom. The van der Waals surface area contributed by atoms with Crippen molar-refractivity contribution in [2.75, 3.05) is 33.0 Å². The summed E-state index contributed by atoms with van der Waals surface area (Å²) < 4.78 is 75.5. The van der Waals surface area contributed by atoms with E-state index in [0.717, 1.165) is 15.5 Å². The number of alkyl halides is 3. The minimum atomic E-state index is -4.73. The van der Waals surface area contributed by atoms with Gasteiger partial charge < -0.3 is 24.4 Å². The number of aryl methyl sites for hydroxylation is 2. The maximum absolute atomic E-state index is 14.3. The fourth-order valence-corrected chi connectivity index (χ4v) is 7.97. The van der Waals surface area contributed by atoms with Gasteiger partial charge in [0, 0.05) is 37.6 Å². The number of aromatic nitrogens is 4. The van der Waals surface area contributed by atoms with Gasteiger partial charge in [0.25, 0.3) is 0 Å². The largest absolute Gasteiger partial charge is 0.481 e. The van der Waals surface area contributed by atoms with Gasteiger partial charge in [0.05, 0.1) is 31.8 Å². The Bertz CT molecular complexity index is 1940. The average Bonchev–Trinajstić information content (AvgIpc) is 3.48. The fourth-order valence-electron chi connectivity index (χ4n) is 6.66. The summed E-state index contributed by atoms with van der Waals surface area (Å²) >= 11 is 0. The van der Waals surface area contributed by atoms with Crippen LogP contribution in [0, 0.1) is 19.3 Å². The Labute approximate surface area is 288 Å². The van der Waals surface area contributed by atoms with E-state index in [1.807, 2.05) is 29.4 Å². The van der Waals surface area contributed by atoms with E-state index in [1.54, 1.807) is 32.9 Å². The van der Waals surface area contributed by atoms with Crippen molar-refractivity contribution in [1.29, 1.82) is 0 Å². The first-order valence-electron chi connectivity index (χ1n) is 16.1. The minimum absolute atomic E-state index is 0.0211. The molecule has 1 fully saturated rings. The van der Waals surface area contributed by atoms with Crippen molar-refractivity contribution < 1.29 is 46.6 Å². The predicted molar refractivity (Wildman–Crippen MR) is 174 cm³/mol. The molecule has 6 rings (SSSR count). The summed E-state index contributed by atoms with van der Waals surface area (Å²) in [7, 11) is -1.73. The maximum Gasteiger partial charge on any atom is 0.452 e. The van der Waals surface area contributed by atoms with Gasteiger partial charge in [-0.25, -0.2) is 8.51 Å². The number of pyridine rings is 2. The molecule has 1 saturated heterocycles. The highest BCUT2D eigenvalue weighted by atomic mass is 32.2. The molecule has 0 saturated carbocycles. The summed E-state index contributed by atoms with van der Waals surface area (Å²) in [5, 5.41) is 26.8. The van der Waals surface area contributed by atoms with E-state index >= 15 is 0 Å². The number of aliphatic hydroxyl groups excluding tert-OH is 1. The van der Waals surface area contributed by atoms with E-state index in [0.29, 0.717) is 47.6 Å². The van der Waals surface area contributed by atoms with Crippen molar-refractivity contribution in [2.24, 2.45) is 5.41 Å². The topological polar surface area (TPSA) is 149 Å². The molecule has 4 aromatic rings. The molecule has 3 aromatic heterocycles. The van der Waals surface area contributed by atoms with E-state index in [1.165, 1.54) is 12.3 Å². The SMILES string of the molecule is Cc1ccc(C(c2ccn3c(C(F)(F)F)nnc3c2C)C(C)(C)C(=O)O)cc1CN1CC2(CCOCC2)Oc2nc(OCCO)ccc2S1=O. The first kappa shape index (κ1) is 35.7. The quantitative estimate of drug-likeness (QED) is 0.247. The molecule has 2 atom stereocenters. The Morgan fingerprint density at radius 3 is 2.54 bits per heavy atom. The van der Waals surface area contributed by atoms with Gasteiger partial charge in [-0.3, -0.25) is 9.20 Å². The zero-order valence-electron chi connectivity index (χ0n) is 28.0. The molecule has 0 amide bonds. The van der Waals surface area contributed by atoms with E-state index in [2.05, 4.69) is 15.2 Å². The van der Waals surface area contributed by atoms with Gasteiger partial charge in [0.15, 0.2) is 5.65 Å². The third kappa shape index (κ3) is 6.68. The second kappa shape index (κ2) is 13.5. The second-order valence-electron chi connectivity index (χ2n) is 13.2. The second-order valence-corrected chi connectivity index (χ2v) is 14.7. The molecule has 16 heteroatoms. The number of hydrogen-bond donors (Lipinski definition) is 2. The summed E-state index contributed by atoms with van der Waals surface area (Å²) in [6, 6.07) is 10.3. The third-order valence-electron chi connectivity index (χ3n) is 9.50. The van der Waals surface area contributed by atoms with E-state index in [9.17, 15) is 32.4 Å². The summed E-state index contributed by atoms with van der Waals surface area (Å²) in [6.45, 7) is 7.88. The molecule has 1 aromatic carbocycles. The van der Waals surface area contributed by atoms with Crippen LogP contribution in [0.2, 0.25) is 0 Å². The van der Waals surface area contributed by atoms with Gasteiger partial charge in [-0.1, -0.05) is 18.2 Å². The van der Waals surface area contributed by atoms with Gasteiger partial charge in [0.2, 0.25) is 17.6 Å². The van der Waals surface area contributed by atoms with E-state index in [4.69, 9.17) is 14.2 Å². The lowest BCUT2D eigenvalue weighted by molar-refractivity contribution is -0.147. The predicted octanol–water partition coefficient (Wildman–Crippen LogP) is 4.84. The Hall–Kier alpha value is -4.12. The maximum atomic E-state index is 14.3. The number of aliphatic hydroxyl groups is 1. The number of rotatable bonds is 9. The molecule has 2 aliphatic rings. The average molecular weight is 718 g/mol. The van der Waals surface area contributed by atoms with Crippen LogP contribution in [0.5, 0.6) is 11.8 Å². The summed E-state index contributed by atoms with van der Waals surface area (Å²) in [4.78, 5) is 17.6. The van der Waals surface area contributed by atoms with Crippen LogP contribution in [-0.2, 0) is 33.2 Å².